The van der Waals surface area contributed by atoms with Gasteiger partial charge in [-0.2, -0.15) is 0 Å². The highest BCUT2D eigenvalue weighted by molar-refractivity contribution is 7.93. The molecule has 0 heterocycles. The third-order valence-electron chi connectivity index (χ3n) is 3.05. The standard InChI is InChI=1S/C14H20O3S/c1-11(12-8-6-5-7-9-12)13(15)10-18(16,17)14(2,3)4/h5-9,11H,10H2,1-4H3/t11-/m0/s1. The third kappa shape index (κ3) is 3.42. The number of carbonyl (C=O) groups excluding carboxylic acids is 1. The third-order valence-corrected chi connectivity index (χ3v) is 5.58. The molecule has 0 spiro atoms. The summed E-state index contributed by atoms with van der Waals surface area (Å²) in [7, 11) is -3.40. The zero-order chi connectivity index (χ0) is 14.0. The van der Waals surface area contributed by atoms with Gasteiger partial charge in [0.15, 0.2) is 15.6 Å². The average molecular weight is 268 g/mol. The lowest BCUT2D eigenvalue weighted by atomic mass is 9.98. The number of hydrogen-bond acceptors (Lipinski definition) is 3. The topological polar surface area (TPSA) is 51.2 Å². The summed E-state index contributed by atoms with van der Waals surface area (Å²) < 4.78 is 23.1. The molecule has 0 fully saturated rings. The van der Waals surface area contributed by atoms with Gasteiger partial charge < -0.3 is 0 Å². The van der Waals surface area contributed by atoms with Crippen LogP contribution in [0.25, 0.3) is 0 Å². The van der Waals surface area contributed by atoms with Crippen molar-refractivity contribution in [2.75, 3.05) is 5.75 Å². The molecular formula is C14H20O3S. The van der Waals surface area contributed by atoms with E-state index in [9.17, 15) is 13.2 Å². The van der Waals surface area contributed by atoms with Crippen molar-refractivity contribution < 1.29 is 13.2 Å². The monoisotopic (exact) mass is 268 g/mol. The van der Waals surface area contributed by atoms with Gasteiger partial charge in [-0.1, -0.05) is 37.3 Å². The number of hydrogen-bond donors (Lipinski definition) is 0. The van der Waals surface area contributed by atoms with Crippen molar-refractivity contribution in [2.24, 2.45) is 0 Å². The van der Waals surface area contributed by atoms with Gasteiger partial charge in [0.1, 0.15) is 5.75 Å². The van der Waals surface area contributed by atoms with Crippen LogP contribution >= 0.6 is 0 Å². The van der Waals surface area contributed by atoms with Gasteiger partial charge in [-0.25, -0.2) is 8.42 Å². The molecule has 0 aliphatic heterocycles. The molecule has 4 heteroatoms. The van der Waals surface area contributed by atoms with Gasteiger partial charge in [0.2, 0.25) is 0 Å². The SMILES string of the molecule is C[C@H](C(=O)CS(=O)(=O)C(C)(C)C)c1ccccc1. The van der Waals surface area contributed by atoms with E-state index >= 15 is 0 Å². The van der Waals surface area contributed by atoms with Crippen LogP contribution < -0.4 is 0 Å². The summed E-state index contributed by atoms with van der Waals surface area (Å²) >= 11 is 0. The van der Waals surface area contributed by atoms with Crippen LogP contribution in [0.1, 0.15) is 39.2 Å². The van der Waals surface area contributed by atoms with E-state index in [1.165, 1.54) is 0 Å². The number of Topliss-reactive ketones (excluding diaryl/α,β-unsaturated/α-hetero) is 1. The van der Waals surface area contributed by atoms with Crippen LogP contribution in [0.5, 0.6) is 0 Å². The molecular weight excluding hydrogens is 248 g/mol. The molecule has 0 N–H and O–H groups in total. The van der Waals surface area contributed by atoms with Crippen LogP contribution in [0, 0.1) is 0 Å². The normalized spacial score (nSPS) is 14.2. The highest BCUT2D eigenvalue weighted by atomic mass is 32.2. The van der Waals surface area contributed by atoms with E-state index in [1.54, 1.807) is 27.7 Å². The van der Waals surface area contributed by atoms with Crippen molar-refractivity contribution >= 4 is 15.6 Å². The van der Waals surface area contributed by atoms with Crippen LogP contribution in [0.4, 0.5) is 0 Å². The molecule has 0 aliphatic carbocycles. The minimum Gasteiger partial charge on any atom is -0.298 e. The molecule has 0 aromatic heterocycles. The van der Waals surface area contributed by atoms with Gasteiger partial charge in [-0.3, -0.25) is 4.79 Å². The molecule has 0 amide bonds. The highest BCUT2D eigenvalue weighted by Crippen LogP contribution is 2.21. The van der Waals surface area contributed by atoms with Crippen molar-refractivity contribution in [1.82, 2.24) is 0 Å². The average Bonchev–Trinajstić information content (AvgIpc) is 2.27. The minimum absolute atomic E-state index is 0.254. The van der Waals surface area contributed by atoms with Crippen molar-refractivity contribution in [2.45, 2.75) is 38.4 Å². The zero-order valence-electron chi connectivity index (χ0n) is 11.3. The van der Waals surface area contributed by atoms with E-state index < -0.39 is 20.3 Å². The largest absolute Gasteiger partial charge is 0.298 e. The minimum atomic E-state index is -3.40. The Labute approximate surface area is 109 Å². The van der Waals surface area contributed by atoms with Crippen molar-refractivity contribution in [3.8, 4) is 0 Å². The molecule has 0 unspecified atom stereocenters. The fraction of sp³-hybridized carbons (Fsp3) is 0.500. The molecule has 1 aromatic rings. The van der Waals surface area contributed by atoms with Gasteiger partial charge in [0, 0.05) is 5.92 Å². The van der Waals surface area contributed by atoms with Gasteiger partial charge in [-0.15, -0.1) is 0 Å². The van der Waals surface area contributed by atoms with Crippen LogP contribution in [0.3, 0.4) is 0 Å². The maximum Gasteiger partial charge on any atom is 0.162 e. The molecule has 100 valence electrons. The molecule has 0 saturated heterocycles. The Morgan fingerprint density at radius 3 is 2.11 bits per heavy atom. The maximum absolute atomic E-state index is 12.0. The molecule has 0 saturated carbocycles. The first kappa shape index (κ1) is 14.9. The van der Waals surface area contributed by atoms with E-state index in [-0.39, 0.29) is 11.7 Å². The van der Waals surface area contributed by atoms with Crippen molar-refractivity contribution in [3.63, 3.8) is 0 Å². The van der Waals surface area contributed by atoms with Crippen LogP contribution in [0.15, 0.2) is 30.3 Å². The molecule has 1 rings (SSSR count). The second kappa shape index (κ2) is 5.22. The smallest absolute Gasteiger partial charge is 0.162 e. The Bertz CT molecular complexity index is 510. The number of carbonyl (C=O) groups is 1. The van der Waals surface area contributed by atoms with Crippen LogP contribution in [0.2, 0.25) is 0 Å². The Hall–Kier alpha value is -1.16. The van der Waals surface area contributed by atoms with E-state index in [0.29, 0.717) is 0 Å². The molecule has 1 aromatic carbocycles. The van der Waals surface area contributed by atoms with Crippen molar-refractivity contribution in [3.05, 3.63) is 35.9 Å². The summed E-state index contributed by atoms with van der Waals surface area (Å²) in [5.41, 5.74) is 0.853. The first-order chi connectivity index (χ1) is 8.15. The lowest BCUT2D eigenvalue weighted by Crippen LogP contribution is -2.34. The second-order valence-corrected chi connectivity index (χ2v) is 8.21. The summed E-state index contributed by atoms with van der Waals surface area (Å²) in [5.74, 6) is -1.04. The van der Waals surface area contributed by atoms with Crippen LogP contribution in [-0.4, -0.2) is 24.7 Å². The molecule has 1 atom stereocenters. The zero-order valence-corrected chi connectivity index (χ0v) is 12.1. The molecule has 0 aliphatic rings. The Morgan fingerprint density at radius 2 is 1.67 bits per heavy atom. The van der Waals surface area contributed by atoms with Gasteiger partial charge in [-0.05, 0) is 26.3 Å². The van der Waals surface area contributed by atoms with Gasteiger partial charge in [0.25, 0.3) is 0 Å². The van der Waals surface area contributed by atoms with E-state index in [1.807, 2.05) is 30.3 Å². The Morgan fingerprint density at radius 1 is 1.17 bits per heavy atom. The predicted octanol–water partition coefficient (Wildman–Crippen LogP) is 2.57. The molecule has 3 nitrogen and oxygen atoms in total. The fourth-order valence-corrected chi connectivity index (χ4v) is 2.51. The Kier molecular flexibility index (Phi) is 4.32. The first-order valence-electron chi connectivity index (χ1n) is 5.95. The molecule has 18 heavy (non-hydrogen) atoms. The molecule has 0 radical (unpaired) electrons. The molecule has 0 bridgehead atoms. The summed E-state index contributed by atoms with van der Waals surface area (Å²) in [6.45, 7) is 6.59. The van der Waals surface area contributed by atoms with Gasteiger partial charge >= 0.3 is 0 Å². The van der Waals surface area contributed by atoms with Gasteiger partial charge in [0.05, 0.1) is 4.75 Å². The highest BCUT2D eigenvalue weighted by Gasteiger charge is 2.32. The summed E-state index contributed by atoms with van der Waals surface area (Å²) in [6.07, 6.45) is 0. The number of benzene rings is 1. The van der Waals surface area contributed by atoms with E-state index in [0.717, 1.165) is 5.56 Å². The number of ketones is 1. The quantitative estimate of drug-likeness (QED) is 0.843. The Balaban J connectivity index is 2.86. The predicted molar refractivity (Wildman–Crippen MR) is 73.4 cm³/mol. The number of sulfone groups is 1. The van der Waals surface area contributed by atoms with Crippen LogP contribution in [-0.2, 0) is 14.6 Å². The summed E-state index contributed by atoms with van der Waals surface area (Å²) in [5, 5.41) is 0. The maximum atomic E-state index is 12.0. The second-order valence-electron chi connectivity index (χ2n) is 5.47. The summed E-state index contributed by atoms with van der Waals surface area (Å²) in [4.78, 5) is 12.0. The van der Waals surface area contributed by atoms with E-state index in [4.69, 9.17) is 0 Å². The lowest BCUT2D eigenvalue weighted by Gasteiger charge is -2.20. The first-order valence-corrected chi connectivity index (χ1v) is 7.60. The lowest BCUT2D eigenvalue weighted by molar-refractivity contribution is -0.117. The van der Waals surface area contributed by atoms with E-state index in [2.05, 4.69) is 0 Å². The fourth-order valence-electron chi connectivity index (χ4n) is 1.46. The van der Waals surface area contributed by atoms with Crippen molar-refractivity contribution in [1.29, 1.82) is 0 Å². The number of rotatable bonds is 4. The summed E-state index contributed by atoms with van der Waals surface area (Å²) in [6, 6.07) is 9.24.